The second kappa shape index (κ2) is 2.55. The Labute approximate surface area is 101 Å². The van der Waals surface area contributed by atoms with Gasteiger partial charge in [-0.15, -0.1) is 0 Å². The van der Waals surface area contributed by atoms with Crippen molar-refractivity contribution in [3.63, 3.8) is 0 Å². The molecule has 3 nitrogen and oxygen atoms in total. The second-order valence-corrected chi connectivity index (χ2v) is 5.95. The summed E-state index contributed by atoms with van der Waals surface area (Å²) in [5.74, 6) is 0.622. The molecule has 1 heterocycles. The molecule has 0 fully saturated rings. The maximum absolute atomic E-state index is 10.0. The van der Waals surface area contributed by atoms with Gasteiger partial charge in [-0.25, -0.2) is 0 Å². The fourth-order valence-electron chi connectivity index (χ4n) is 4.30. The Bertz CT molecular complexity index is 523. The topological polar surface area (TPSA) is 56.2 Å². The van der Waals surface area contributed by atoms with Crippen LogP contribution in [0.2, 0.25) is 0 Å². The van der Waals surface area contributed by atoms with E-state index in [0.717, 1.165) is 11.1 Å². The number of rotatable bonds is 0. The van der Waals surface area contributed by atoms with Crippen LogP contribution in [0.1, 0.15) is 45.7 Å². The molecule has 0 aliphatic heterocycles. The number of hydrogen-bond donors (Lipinski definition) is 3. The van der Waals surface area contributed by atoms with Crippen molar-refractivity contribution in [3.8, 4) is 11.8 Å². The number of fused-ring (bicyclic) bond motifs is 5. The standard InChI is InChI=1S/C14H19NO2/c1-6-7(2)14(5)8(3)13(6,4)9-10(14)12(17)15-11(9)16/h8,15-17H,1-5H3. The smallest absolute Gasteiger partial charge is 0.195 e. The van der Waals surface area contributed by atoms with Crippen LogP contribution in [0.4, 0.5) is 0 Å². The Balaban J connectivity index is 2.46. The van der Waals surface area contributed by atoms with Gasteiger partial charge in [-0.05, 0) is 19.8 Å². The molecular weight excluding hydrogens is 214 g/mol. The van der Waals surface area contributed by atoms with Crippen LogP contribution < -0.4 is 0 Å². The van der Waals surface area contributed by atoms with Gasteiger partial charge in [0.05, 0.1) is 0 Å². The lowest BCUT2D eigenvalue weighted by Gasteiger charge is -2.30. The highest BCUT2D eigenvalue weighted by atomic mass is 16.3. The van der Waals surface area contributed by atoms with Crippen molar-refractivity contribution in [2.45, 2.75) is 45.4 Å². The number of aromatic amines is 1. The fourth-order valence-corrected chi connectivity index (χ4v) is 4.30. The van der Waals surface area contributed by atoms with Crippen molar-refractivity contribution in [2.24, 2.45) is 5.92 Å². The first-order chi connectivity index (χ1) is 7.77. The molecule has 92 valence electrons. The average molecular weight is 233 g/mol. The zero-order chi connectivity index (χ0) is 12.7. The summed E-state index contributed by atoms with van der Waals surface area (Å²) in [7, 11) is 0. The highest BCUT2D eigenvalue weighted by Crippen LogP contribution is 2.69. The van der Waals surface area contributed by atoms with Gasteiger partial charge in [-0.1, -0.05) is 31.9 Å². The highest BCUT2D eigenvalue weighted by molar-refractivity contribution is 5.69. The third-order valence-electron chi connectivity index (χ3n) is 5.85. The zero-order valence-electron chi connectivity index (χ0n) is 11.0. The maximum atomic E-state index is 10.0. The number of aromatic hydroxyl groups is 2. The fraction of sp³-hybridized carbons (Fsp3) is 0.571. The number of allylic oxidation sites excluding steroid dienone is 2. The van der Waals surface area contributed by atoms with E-state index in [9.17, 15) is 10.2 Å². The van der Waals surface area contributed by atoms with Gasteiger partial charge >= 0.3 is 0 Å². The molecule has 1 aromatic rings. The summed E-state index contributed by atoms with van der Waals surface area (Å²) in [5.41, 5.74) is 4.13. The Morgan fingerprint density at radius 3 is 1.65 bits per heavy atom. The molecule has 0 radical (unpaired) electrons. The van der Waals surface area contributed by atoms with Crippen LogP contribution in [0.5, 0.6) is 11.8 Å². The minimum absolute atomic E-state index is 0.127. The normalized spacial score (nSPS) is 39.0. The molecule has 0 aromatic carbocycles. The van der Waals surface area contributed by atoms with Crippen LogP contribution in [0.15, 0.2) is 11.1 Å². The van der Waals surface area contributed by atoms with Gasteiger partial charge in [0.15, 0.2) is 11.8 Å². The van der Waals surface area contributed by atoms with Crippen LogP contribution in [0.25, 0.3) is 0 Å². The van der Waals surface area contributed by atoms with E-state index in [1.54, 1.807) is 0 Å². The van der Waals surface area contributed by atoms with Gasteiger partial charge in [0.1, 0.15) is 0 Å². The van der Waals surface area contributed by atoms with Crippen molar-refractivity contribution in [1.82, 2.24) is 4.98 Å². The lowest BCUT2D eigenvalue weighted by Crippen LogP contribution is -2.29. The number of H-pyrrole nitrogens is 1. The molecule has 0 saturated carbocycles. The quantitative estimate of drug-likeness (QED) is 0.603. The van der Waals surface area contributed by atoms with E-state index in [2.05, 4.69) is 39.6 Å². The molecule has 1 aromatic heterocycles. The summed E-state index contributed by atoms with van der Waals surface area (Å²) in [6.45, 7) is 10.8. The Morgan fingerprint density at radius 2 is 1.29 bits per heavy atom. The first-order valence-corrected chi connectivity index (χ1v) is 6.10. The van der Waals surface area contributed by atoms with Gasteiger partial charge in [-0.3, -0.25) is 4.98 Å². The lowest BCUT2D eigenvalue weighted by molar-refractivity contribution is 0.317. The summed E-state index contributed by atoms with van der Waals surface area (Å²) in [5, 5.41) is 20.1. The van der Waals surface area contributed by atoms with Gasteiger partial charge in [-0.2, -0.15) is 0 Å². The van der Waals surface area contributed by atoms with Gasteiger partial charge in [0, 0.05) is 22.0 Å². The molecule has 17 heavy (non-hydrogen) atoms. The molecule has 2 aliphatic carbocycles. The Hall–Kier alpha value is -1.38. The van der Waals surface area contributed by atoms with Crippen LogP contribution >= 0.6 is 0 Å². The van der Waals surface area contributed by atoms with Crippen molar-refractivity contribution < 1.29 is 10.2 Å². The van der Waals surface area contributed by atoms with Crippen molar-refractivity contribution in [2.75, 3.05) is 0 Å². The summed E-state index contributed by atoms with van der Waals surface area (Å²) >= 11 is 0. The summed E-state index contributed by atoms with van der Waals surface area (Å²) < 4.78 is 0. The molecule has 2 unspecified atom stereocenters. The number of hydrogen-bond acceptors (Lipinski definition) is 2. The van der Waals surface area contributed by atoms with Crippen LogP contribution in [0.3, 0.4) is 0 Å². The van der Waals surface area contributed by atoms with Gasteiger partial charge < -0.3 is 10.2 Å². The highest BCUT2D eigenvalue weighted by Gasteiger charge is 2.64. The summed E-state index contributed by atoms with van der Waals surface area (Å²) in [6, 6.07) is 0. The number of aromatic nitrogens is 1. The Morgan fingerprint density at radius 1 is 0.941 bits per heavy atom. The van der Waals surface area contributed by atoms with Gasteiger partial charge in [0.2, 0.25) is 0 Å². The molecule has 2 bridgehead atoms. The largest absolute Gasteiger partial charge is 0.494 e. The monoisotopic (exact) mass is 233 g/mol. The molecular formula is C14H19NO2. The first kappa shape index (κ1) is 10.8. The van der Waals surface area contributed by atoms with Crippen LogP contribution in [-0.2, 0) is 10.8 Å². The molecule has 3 heteroatoms. The predicted molar refractivity (Wildman–Crippen MR) is 66.4 cm³/mol. The van der Waals surface area contributed by atoms with Crippen LogP contribution in [-0.4, -0.2) is 15.2 Å². The van der Waals surface area contributed by atoms with Crippen molar-refractivity contribution >= 4 is 0 Å². The molecule has 3 N–H and O–H groups in total. The van der Waals surface area contributed by atoms with E-state index in [4.69, 9.17) is 0 Å². The van der Waals surface area contributed by atoms with Crippen LogP contribution in [0, 0.1) is 5.92 Å². The minimum atomic E-state index is -0.157. The second-order valence-electron chi connectivity index (χ2n) is 5.95. The minimum Gasteiger partial charge on any atom is -0.494 e. The third kappa shape index (κ3) is 0.780. The lowest BCUT2D eigenvalue weighted by atomic mass is 9.73. The summed E-state index contributed by atoms with van der Waals surface area (Å²) in [6.07, 6.45) is 0. The maximum Gasteiger partial charge on any atom is 0.195 e. The van der Waals surface area contributed by atoms with Crippen molar-refractivity contribution in [1.29, 1.82) is 0 Å². The molecule has 0 spiro atoms. The molecule has 0 amide bonds. The van der Waals surface area contributed by atoms with E-state index in [0.29, 0.717) is 5.92 Å². The molecule has 3 rings (SSSR count). The van der Waals surface area contributed by atoms with E-state index >= 15 is 0 Å². The Kier molecular flexibility index (Phi) is 1.61. The molecule has 0 saturated heterocycles. The molecule has 2 aliphatic rings. The van der Waals surface area contributed by atoms with E-state index in [1.165, 1.54) is 11.1 Å². The van der Waals surface area contributed by atoms with E-state index in [1.807, 2.05) is 0 Å². The van der Waals surface area contributed by atoms with Gasteiger partial charge in [0.25, 0.3) is 0 Å². The van der Waals surface area contributed by atoms with Crippen molar-refractivity contribution in [3.05, 3.63) is 22.3 Å². The van der Waals surface area contributed by atoms with E-state index in [-0.39, 0.29) is 22.6 Å². The molecule has 2 atom stereocenters. The predicted octanol–water partition coefficient (Wildman–Crippen LogP) is 2.94. The third-order valence-corrected chi connectivity index (χ3v) is 5.85. The number of nitrogens with one attached hydrogen (secondary N) is 1. The average Bonchev–Trinajstić information content (AvgIpc) is 2.71. The summed E-state index contributed by atoms with van der Waals surface area (Å²) in [4.78, 5) is 2.68. The van der Waals surface area contributed by atoms with E-state index < -0.39 is 0 Å². The SMILES string of the molecule is CC1=C(C)C2(C)c3c(O)[nH]c(O)c3C1(C)C2C. The first-order valence-electron chi connectivity index (χ1n) is 6.10. The zero-order valence-corrected chi connectivity index (χ0v) is 11.0.